The number of carbonyl (C=O) groups is 2. The molecule has 1 aromatic rings. The van der Waals surface area contributed by atoms with Crippen molar-refractivity contribution in [3.63, 3.8) is 0 Å². The Morgan fingerprint density at radius 1 is 1.10 bits per heavy atom. The summed E-state index contributed by atoms with van der Waals surface area (Å²) in [6.45, 7) is 6.11. The van der Waals surface area contributed by atoms with Crippen LogP contribution in [-0.4, -0.2) is 35.0 Å². The van der Waals surface area contributed by atoms with E-state index in [0.29, 0.717) is 11.1 Å². The molecule has 0 bridgehead atoms. The maximum absolute atomic E-state index is 12.4. The normalized spacial score (nSPS) is 14.9. The van der Waals surface area contributed by atoms with Crippen LogP contribution in [-0.2, 0) is 0 Å². The molecule has 4 heteroatoms. The molecule has 1 aliphatic rings. The Labute approximate surface area is 119 Å². The summed E-state index contributed by atoms with van der Waals surface area (Å²) in [6, 6.07) is 5.31. The zero-order valence-electron chi connectivity index (χ0n) is 12.3. The number of carbonyl (C=O) groups excluding carboxylic acids is 2. The highest BCUT2D eigenvalue weighted by Crippen LogP contribution is 2.31. The first-order valence-corrected chi connectivity index (χ1v) is 7.05. The summed E-state index contributed by atoms with van der Waals surface area (Å²) >= 11 is 0. The molecule has 0 unspecified atom stereocenters. The second kappa shape index (κ2) is 5.37. The quantitative estimate of drug-likeness (QED) is 0.839. The third-order valence-corrected chi connectivity index (χ3v) is 4.46. The summed E-state index contributed by atoms with van der Waals surface area (Å²) < 4.78 is 0. The molecule has 0 saturated heterocycles. The first kappa shape index (κ1) is 14.7. The highest BCUT2D eigenvalue weighted by atomic mass is 16.3. The lowest BCUT2D eigenvalue weighted by molar-refractivity contribution is 0.0438. The van der Waals surface area contributed by atoms with E-state index in [-0.39, 0.29) is 25.0 Å². The first-order chi connectivity index (χ1) is 9.48. The van der Waals surface area contributed by atoms with E-state index in [2.05, 4.69) is 0 Å². The van der Waals surface area contributed by atoms with Gasteiger partial charge in [-0.2, -0.15) is 0 Å². The highest BCUT2D eigenvalue weighted by molar-refractivity contribution is 6.21. The van der Waals surface area contributed by atoms with Crippen LogP contribution in [0.3, 0.4) is 0 Å². The summed E-state index contributed by atoms with van der Waals surface area (Å²) in [4.78, 5) is 26.1. The van der Waals surface area contributed by atoms with E-state index in [4.69, 9.17) is 0 Å². The van der Waals surface area contributed by atoms with Crippen molar-refractivity contribution in [2.45, 2.75) is 33.6 Å². The number of hydrogen-bond donors (Lipinski definition) is 1. The fraction of sp³-hybridized carbons (Fsp3) is 0.500. The van der Waals surface area contributed by atoms with E-state index in [9.17, 15) is 14.7 Å². The molecular formula is C16H21NO3. The monoisotopic (exact) mass is 275 g/mol. The maximum atomic E-state index is 12.4. The van der Waals surface area contributed by atoms with Gasteiger partial charge in [0, 0.05) is 12.0 Å². The number of fused-ring (bicyclic) bond motifs is 1. The fourth-order valence-corrected chi connectivity index (χ4v) is 2.63. The van der Waals surface area contributed by atoms with Crippen molar-refractivity contribution < 1.29 is 14.7 Å². The van der Waals surface area contributed by atoms with Crippen molar-refractivity contribution >= 4 is 11.8 Å². The van der Waals surface area contributed by atoms with Crippen LogP contribution in [0.2, 0.25) is 0 Å². The number of nitrogens with zero attached hydrogens (tertiary/aromatic N) is 1. The Bertz CT molecular complexity index is 538. The van der Waals surface area contributed by atoms with Crippen LogP contribution in [0.1, 0.15) is 53.0 Å². The summed E-state index contributed by atoms with van der Waals surface area (Å²) in [6.07, 6.45) is 1.46. The van der Waals surface area contributed by atoms with Crippen LogP contribution in [0.25, 0.3) is 0 Å². The van der Waals surface area contributed by atoms with E-state index in [1.807, 2.05) is 26.8 Å². The molecule has 1 aromatic carbocycles. The number of imide groups is 1. The SMILES string of the molecule is CCC(CC)(CO)CN1C(=O)c2ccc(C)cc2C1=O. The van der Waals surface area contributed by atoms with Crippen LogP contribution < -0.4 is 0 Å². The molecule has 108 valence electrons. The second-order valence-electron chi connectivity index (χ2n) is 5.61. The Hall–Kier alpha value is -1.68. The lowest BCUT2D eigenvalue weighted by Gasteiger charge is -2.32. The van der Waals surface area contributed by atoms with Crippen LogP contribution in [0.15, 0.2) is 18.2 Å². The molecule has 0 aliphatic carbocycles. The summed E-state index contributed by atoms with van der Waals surface area (Å²) in [5.74, 6) is -0.488. The van der Waals surface area contributed by atoms with E-state index in [1.165, 1.54) is 4.90 Å². The number of aliphatic hydroxyl groups excluding tert-OH is 1. The summed E-state index contributed by atoms with van der Waals surface area (Å²) in [7, 11) is 0. The molecule has 2 amide bonds. The van der Waals surface area contributed by atoms with Gasteiger partial charge in [-0.1, -0.05) is 25.5 Å². The van der Waals surface area contributed by atoms with E-state index < -0.39 is 5.41 Å². The van der Waals surface area contributed by atoms with E-state index in [1.54, 1.807) is 12.1 Å². The van der Waals surface area contributed by atoms with Crippen LogP contribution in [0.4, 0.5) is 0 Å². The molecule has 4 nitrogen and oxygen atoms in total. The lowest BCUT2D eigenvalue weighted by atomic mass is 9.82. The van der Waals surface area contributed by atoms with Gasteiger partial charge >= 0.3 is 0 Å². The van der Waals surface area contributed by atoms with Gasteiger partial charge in [0.1, 0.15) is 0 Å². The molecule has 0 fully saturated rings. The Morgan fingerprint density at radius 2 is 1.70 bits per heavy atom. The first-order valence-electron chi connectivity index (χ1n) is 7.05. The number of benzene rings is 1. The Balaban J connectivity index is 2.33. The number of amides is 2. The summed E-state index contributed by atoms with van der Waals surface area (Å²) in [5, 5.41) is 9.62. The number of aryl methyl sites for hydroxylation is 1. The maximum Gasteiger partial charge on any atom is 0.261 e. The standard InChI is InChI=1S/C16H21NO3/c1-4-16(5-2,10-18)9-17-14(19)12-7-6-11(3)8-13(12)15(17)20/h6-8,18H,4-5,9-10H2,1-3H3. The van der Waals surface area contributed by atoms with Gasteiger partial charge in [-0.3, -0.25) is 14.5 Å². The fourth-order valence-electron chi connectivity index (χ4n) is 2.63. The molecule has 2 rings (SSSR count). The van der Waals surface area contributed by atoms with Gasteiger partial charge in [-0.05, 0) is 31.9 Å². The van der Waals surface area contributed by atoms with Gasteiger partial charge in [-0.25, -0.2) is 0 Å². The average Bonchev–Trinajstić information content (AvgIpc) is 2.69. The molecule has 0 radical (unpaired) electrons. The van der Waals surface area contributed by atoms with Crippen molar-refractivity contribution in [1.82, 2.24) is 4.90 Å². The van der Waals surface area contributed by atoms with Crippen molar-refractivity contribution in [2.24, 2.45) is 5.41 Å². The predicted molar refractivity (Wildman–Crippen MR) is 76.6 cm³/mol. The molecule has 1 aliphatic heterocycles. The number of rotatable bonds is 5. The molecule has 0 saturated carbocycles. The number of hydrogen-bond acceptors (Lipinski definition) is 3. The molecule has 1 heterocycles. The Kier molecular flexibility index (Phi) is 3.95. The minimum atomic E-state index is -0.400. The highest BCUT2D eigenvalue weighted by Gasteiger charge is 2.40. The third kappa shape index (κ3) is 2.24. The van der Waals surface area contributed by atoms with E-state index in [0.717, 1.165) is 18.4 Å². The second-order valence-corrected chi connectivity index (χ2v) is 5.61. The molecule has 0 spiro atoms. The molecule has 0 aromatic heterocycles. The largest absolute Gasteiger partial charge is 0.396 e. The van der Waals surface area contributed by atoms with Crippen molar-refractivity contribution in [3.05, 3.63) is 34.9 Å². The average molecular weight is 275 g/mol. The molecule has 1 N–H and O–H groups in total. The van der Waals surface area contributed by atoms with Gasteiger partial charge in [0.25, 0.3) is 11.8 Å². The van der Waals surface area contributed by atoms with Gasteiger partial charge < -0.3 is 5.11 Å². The van der Waals surface area contributed by atoms with Gasteiger partial charge in [0.15, 0.2) is 0 Å². The number of aliphatic hydroxyl groups is 1. The van der Waals surface area contributed by atoms with E-state index >= 15 is 0 Å². The Morgan fingerprint density at radius 3 is 2.25 bits per heavy atom. The molecule has 20 heavy (non-hydrogen) atoms. The van der Waals surface area contributed by atoms with Crippen LogP contribution in [0.5, 0.6) is 0 Å². The van der Waals surface area contributed by atoms with Crippen LogP contribution in [0, 0.1) is 12.3 Å². The van der Waals surface area contributed by atoms with Gasteiger partial charge in [0.05, 0.1) is 17.7 Å². The lowest BCUT2D eigenvalue weighted by Crippen LogP contribution is -2.42. The van der Waals surface area contributed by atoms with Crippen molar-refractivity contribution in [1.29, 1.82) is 0 Å². The third-order valence-electron chi connectivity index (χ3n) is 4.46. The topological polar surface area (TPSA) is 57.6 Å². The molecular weight excluding hydrogens is 254 g/mol. The van der Waals surface area contributed by atoms with Gasteiger partial charge in [0.2, 0.25) is 0 Å². The van der Waals surface area contributed by atoms with Crippen LogP contribution >= 0.6 is 0 Å². The minimum Gasteiger partial charge on any atom is -0.396 e. The summed E-state index contributed by atoms with van der Waals surface area (Å²) in [5.41, 5.74) is 1.52. The van der Waals surface area contributed by atoms with Gasteiger partial charge in [-0.15, -0.1) is 0 Å². The van der Waals surface area contributed by atoms with Crippen molar-refractivity contribution in [3.8, 4) is 0 Å². The zero-order chi connectivity index (χ0) is 14.9. The predicted octanol–water partition coefficient (Wildman–Crippen LogP) is 2.39. The zero-order valence-corrected chi connectivity index (χ0v) is 12.3. The smallest absolute Gasteiger partial charge is 0.261 e. The molecule has 0 atom stereocenters. The van der Waals surface area contributed by atoms with Crippen molar-refractivity contribution in [2.75, 3.05) is 13.2 Å². The minimum absolute atomic E-state index is 0.0214.